The molecule has 0 atom stereocenters. The molecular weight excluding hydrogens is 318 g/mol. The van der Waals surface area contributed by atoms with Gasteiger partial charge in [-0.3, -0.25) is 23.7 Å². The fourth-order valence-corrected chi connectivity index (χ4v) is 3.03. The molecule has 1 N–H and O–H groups in total. The van der Waals surface area contributed by atoms with Crippen molar-refractivity contribution in [3.05, 3.63) is 85.2 Å². The molecule has 0 bridgehead atoms. The summed E-state index contributed by atoms with van der Waals surface area (Å²) in [5, 5.41) is 0.290. The Morgan fingerprint density at radius 1 is 0.960 bits per heavy atom. The van der Waals surface area contributed by atoms with Gasteiger partial charge in [0.15, 0.2) is 5.43 Å². The summed E-state index contributed by atoms with van der Waals surface area (Å²) in [7, 11) is 1.41. The topological polar surface area (TPSA) is 76.9 Å². The second kappa shape index (κ2) is 5.31. The zero-order valence-corrected chi connectivity index (χ0v) is 13.7. The van der Waals surface area contributed by atoms with E-state index in [0.717, 1.165) is 15.8 Å². The molecule has 6 heteroatoms. The van der Waals surface area contributed by atoms with Crippen LogP contribution in [0.5, 0.6) is 0 Å². The standard InChI is InChI=1S/C19H15N3O3/c1-11-6-8-12(9-7-11)22-15-4-3-5-16(23)13(15)10-14-17(22)20-19(25)21(2)18(14)24/h3-10H,1-2H3,(H,20,25). The minimum Gasteiger partial charge on any atom is -0.295 e. The Bertz CT molecular complexity index is 1260. The fourth-order valence-electron chi connectivity index (χ4n) is 3.03. The molecule has 1 aromatic carbocycles. The number of fused-ring (bicyclic) bond motifs is 2. The van der Waals surface area contributed by atoms with E-state index >= 15 is 0 Å². The zero-order chi connectivity index (χ0) is 17.7. The molecule has 0 fully saturated rings. The Labute approximate surface area is 141 Å². The van der Waals surface area contributed by atoms with Crippen LogP contribution in [0.2, 0.25) is 0 Å². The van der Waals surface area contributed by atoms with E-state index in [4.69, 9.17) is 0 Å². The van der Waals surface area contributed by atoms with E-state index < -0.39 is 11.2 Å². The molecule has 1 aliphatic heterocycles. The molecule has 1 aliphatic carbocycles. The van der Waals surface area contributed by atoms with Crippen LogP contribution < -0.4 is 16.7 Å². The summed E-state index contributed by atoms with van der Waals surface area (Å²) in [6, 6.07) is 14.1. The largest absolute Gasteiger partial charge is 0.329 e. The van der Waals surface area contributed by atoms with Crippen LogP contribution in [0.3, 0.4) is 0 Å². The van der Waals surface area contributed by atoms with Gasteiger partial charge in [0.25, 0.3) is 5.56 Å². The number of hydrogen-bond acceptors (Lipinski definition) is 3. The summed E-state index contributed by atoms with van der Waals surface area (Å²) in [6.07, 6.45) is 0. The monoisotopic (exact) mass is 333 g/mol. The highest BCUT2D eigenvalue weighted by Gasteiger charge is 2.18. The second-order valence-corrected chi connectivity index (χ2v) is 6.06. The van der Waals surface area contributed by atoms with Gasteiger partial charge in [-0.1, -0.05) is 23.8 Å². The third-order valence-corrected chi connectivity index (χ3v) is 4.41. The van der Waals surface area contributed by atoms with E-state index in [1.807, 2.05) is 31.2 Å². The Morgan fingerprint density at radius 2 is 1.68 bits per heavy atom. The number of nitrogens with one attached hydrogen (secondary N) is 1. The van der Waals surface area contributed by atoms with Crippen LogP contribution in [0.1, 0.15) is 5.56 Å². The number of pyridine rings is 1. The van der Waals surface area contributed by atoms with Crippen molar-refractivity contribution in [2.75, 3.05) is 0 Å². The molecular formula is C19H15N3O3. The molecule has 1 aromatic heterocycles. The van der Waals surface area contributed by atoms with E-state index in [1.165, 1.54) is 13.1 Å². The number of hydrogen-bond donors (Lipinski definition) is 1. The van der Waals surface area contributed by atoms with E-state index in [0.29, 0.717) is 22.3 Å². The van der Waals surface area contributed by atoms with Gasteiger partial charge in [-0.2, -0.15) is 0 Å². The van der Waals surface area contributed by atoms with Crippen molar-refractivity contribution >= 4 is 11.0 Å². The average molecular weight is 333 g/mol. The highest BCUT2D eigenvalue weighted by molar-refractivity contribution is 5.85. The zero-order valence-electron chi connectivity index (χ0n) is 13.7. The predicted molar refractivity (Wildman–Crippen MR) is 96.8 cm³/mol. The van der Waals surface area contributed by atoms with Crippen LogP contribution in [-0.4, -0.2) is 14.1 Å². The summed E-state index contributed by atoms with van der Waals surface area (Å²) >= 11 is 0. The maximum Gasteiger partial charge on any atom is 0.329 e. The lowest BCUT2D eigenvalue weighted by molar-refractivity contribution is 0.786. The maximum atomic E-state index is 12.6. The normalized spacial score (nSPS) is 11.3. The molecule has 4 rings (SSSR count). The van der Waals surface area contributed by atoms with Crippen LogP contribution in [0.4, 0.5) is 0 Å². The predicted octanol–water partition coefficient (Wildman–Crippen LogP) is 1.79. The summed E-state index contributed by atoms with van der Waals surface area (Å²) < 4.78 is 2.75. The highest BCUT2D eigenvalue weighted by atomic mass is 16.2. The van der Waals surface area contributed by atoms with E-state index in [9.17, 15) is 14.4 Å². The van der Waals surface area contributed by atoms with Crippen molar-refractivity contribution in [2.45, 2.75) is 6.92 Å². The molecule has 0 amide bonds. The van der Waals surface area contributed by atoms with Crippen molar-refractivity contribution in [2.24, 2.45) is 7.05 Å². The molecule has 0 saturated heterocycles. The van der Waals surface area contributed by atoms with Crippen LogP contribution in [0, 0.1) is 6.92 Å². The molecule has 124 valence electrons. The van der Waals surface area contributed by atoms with Gasteiger partial charge in [0.05, 0.1) is 11.1 Å². The summed E-state index contributed by atoms with van der Waals surface area (Å²) in [5.41, 5.74) is 2.16. The maximum absolute atomic E-state index is 12.6. The number of aromatic nitrogens is 3. The van der Waals surface area contributed by atoms with Crippen LogP contribution in [0.15, 0.2) is 62.9 Å². The smallest absolute Gasteiger partial charge is 0.295 e. The number of benzene rings is 2. The summed E-state index contributed by atoms with van der Waals surface area (Å²) in [5.74, 6) is 0. The molecule has 0 saturated carbocycles. The quantitative estimate of drug-likeness (QED) is 0.540. The average Bonchev–Trinajstić information content (AvgIpc) is 2.60. The number of rotatable bonds is 1. The first-order valence-corrected chi connectivity index (χ1v) is 7.82. The van der Waals surface area contributed by atoms with Crippen LogP contribution in [0.25, 0.3) is 28.0 Å². The molecule has 0 spiro atoms. The molecule has 2 aliphatic rings. The van der Waals surface area contributed by atoms with Crippen molar-refractivity contribution in [3.8, 4) is 16.9 Å². The van der Waals surface area contributed by atoms with Gasteiger partial charge in [0.2, 0.25) is 0 Å². The fraction of sp³-hybridized carbons (Fsp3) is 0.105. The Kier molecular flexibility index (Phi) is 3.21. The minimum atomic E-state index is -0.504. The van der Waals surface area contributed by atoms with Gasteiger partial charge in [-0.25, -0.2) is 4.79 Å². The lowest BCUT2D eigenvalue weighted by Gasteiger charge is -2.18. The Balaban J connectivity index is 2.30. The first-order chi connectivity index (χ1) is 12.0. The van der Waals surface area contributed by atoms with Crippen molar-refractivity contribution < 1.29 is 0 Å². The van der Waals surface area contributed by atoms with Crippen LogP contribution >= 0.6 is 0 Å². The van der Waals surface area contributed by atoms with Crippen molar-refractivity contribution in [3.63, 3.8) is 0 Å². The van der Waals surface area contributed by atoms with Gasteiger partial charge < -0.3 is 0 Å². The van der Waals surface area contributed by atoms with Gasteiger partial charge in [0.1, 0.15) is 5.65 Å². The summed E-state index contributed by atoms with van der Waals surface area (Å²) in [6.45, 7) is 1.98. The minimum absolute atomic E-state index is 0.173. The number of H-pyrrole nitrogens is 1. The Morgan fingerprint density at radius 3 is 2.40 bits per heavy atom. The van der Waals surface area contributed by atoms with Crippen LogP contribution in [-0.2, 0) is 7.05 Å². The number of aromatic amines is 1. The molecule has 25 heavy (non-hydrogen) atoms. The molecule has 2 heterocycles. The number of nitrogens with zero attached hydrogens (tertiary/aromatic N) is 2. The summed E-state index contributed by atoms with van der Waals surface area (Å²) in [4.78, 5) is 39.8. The van der Waals surface area contributed by atoms with Gasteiger partial charge in [-0.15, -0.1) is 0 Å². The molecule has 0 unspecified atom stereocenters. The van der Waals surface area contributed by atoms with E-state index in [-0.39, 0.29) is 5.43 Å². The molecule has 2 aromatic rings. The van der Waals surface area contributed by atoms with Crippen molar-refractivity contribution in [1.29, 1.82) is 0 Å². The highest BCUT2D eigenvalue weighted by Crippen LogP contribution is 2.26. The van der Waals surface area contributed by atoms with E-state index in [2.05, 4.69) is 4.98 Å². The van der Waals surface area contributed by atoms with Gasteiger partial charge in [-0.05, 0) is 37.3 Å². The number of aryl methyl sites for hydroxylation is 1. The lowest BCUT2D eigenvalue weighted by Crippen LogP contribution is -2.33. The van der Waals surface area contributed by atoms with E-state index in [1.54, 1.807) is 22.8 Å². The third kappa shape index (κ3) is 2.22. The second-order valence-electron chi connectivity index (χ2n) is 6.06. The first kappa shape index (κ1) is 15.1. The first-order valence-electron chi connectivity index (χ1n) is 7.82. The van der Waals surface area contributed by atoms with Crippen molar-refractivity contribution in [1.82, 2.24) is 14.1 Å². The lowest BCUT2D eigenvalue weighted by atomic mass is 10.1. The molecule has 0 radical (unpaired) electrons. The molecule has 6 nitrogen and oxygen atoms in total. The Hall–Kier alpha value is -3.41. The van der Waals surface area contributed by atoms with Gasteiger partial charge in [0, 0.05) is 18.3 Å². The third-order valence-electron chi connectivity index (χ3n) is 4.41. The van der Waals surface area contributed by atoms with Gasteiger partial charge >= 0.3 is 5.69 Å². The SMILES string of the molecule is Cc1ccc(-n2c3cccc(=O)c-3cc3c(=O)n(C)c(=O)[nH]c32)cc1.